The van der Waals surface area contributed by atoms with Crippen LogP contribution in [0.5, 0.6) is 5.75 Å². The number of carbonyl (C=O) groups is 1. The standard InChI is InChI=1S/C12H13F3O2/c1-3-11(16)9-4-6-10(7-5-9)17-8(2)12(13,14)15/h4-8H,3H2,1-2H3. The molecule has 2 nitrogen and oxygen atoms in total. The van der Waals surface area contributed by atoms with E-state index in [1.54, 1.807) is 6.92 Å². The summed E-state index contributed by atoms with van der Waals surface area (Å²) in [7, 11) is 0. The number of hydrogen-bond donors (Lipinski definition) is 0. The van der Waals surface area contributed by atoms with E-state index in [0.29, 0.717) is 12.0 Å². The Morgan fingerprint density at radius 3 is 2.24 bits per heavy atom. The van der Waals surface area contributed by atoms with Gasteiger partial charge in [0.15, 0.2) is 11.9 Å². The maximum atomic E-state index is 12.2. The molecule has 17 heavy (non-hydrogen) atoms. The van der Waals surface area contributed by atoms with Crippen molar-refractivity contribution >= 4 is 5.78 Å². The molecular weight excluding hydrogens is 233 g/mol. The van der Waals surface area contributed by atoms with E-state index in [-0.39, 0.29) is 11.5 Å². The van der Waals surface area contributed by atoms with Crippen molar-refractivity contribution in [2.24, 2.45) is 0 Å². The summed E-state index contributed by atoms with van der Waals surface area (Å²) in [6.07, 6.45) is -5.90. The Kier molecular flexibility index (Phi) is 4.15. The summed E-state index contributed by atoms with van der Waals surface area (Å²) in [4.78, 5) is 11.3. The molecule has 0 aromatic heterocycles. The van der Waals surface area contributed by atoms with E-state index in [2.05, 4.69) is 0 Å². The summed E-state index contributed by atoms with van der Waals surface area (Å²) in [5.74, 6) is 0.0443. The Hall–Kier alpha value is -1.52. The van der Waals surface area contributed by atoms with E-state index in [0.717, 1.165) is 6.92 Å². The first kappa shape index (κ1) is 13.5. The van der Waals surface area contributed by atoms with Gasteiger partial charge in [-0.15, -0.1) is 0 Å². The molecule has 94 valence electrons. The summed E-state index contributed by atoms with van der Waals surface area (Å²) in [6.45, 7) is 2.66. The second kappa shape index (κ2) is 5.21. The van der Waals surface area contributed by atoms with Crippen molar-refractivity contribution in [2.75, 3.05) is 0 Å². The average molecular weight is 246 g/mol. The highest BCUT2D eigenvalue weighted by atomic mass is 19.4. The summed E-state index contributed by atoms with van der Waals surface area (Å²) in [5.41, 5.74) is 0.472. The Labute approximate surface area is 97.4 Å². The van der Waals surface area contributed by atoms with Gasteiger partial charge in [0.25, 0.3) is 0 Å². The van der Waals surface area contributed by atoms with Crippen molar-refractivity contribution in [1.29, 1.82) is 0 Å². The molecule has 1 rings (SSSR count). The lowest BCUT2D eigenvalue weighted by atomic mass is 10.1. The zero-order valence-electron chi connectivity index (χ0n) is 9.54. The number of Topliss-reactive ketones (excluding diaryl/α,β-unsaturated/α-hetero) is 1. The largest absolute Gasteiger partial charge is 0.481 e. The van der Waals surface area contributed by atoms with Crippen LogP contribution in [0.3, 0.4) is 0 Å². The number of alkyl halides is 3. The van der Waals surface area contributed by atoms with E-state index >= 15 is 0 Å². The second-order valence-electron chi connectivity index (χ2n) is 3.60. The molecular formula is C12H13F3O2. The number of benzene rings is 1. The third-order valence-electron chi connectivity index (χ3n) is 2.27. The second-order valence-corrected chi connectivity index (χ2v) is 3.60. The van der Waals surface area contributed by atoms with Gasteiger partial charge in [-0.25, -0.2) is 0 Å². The first-order chi connectivity index (χ1) is 7.84. The van der Waals surface area contributed by atoms with Crippen molar-refractivity contribution in [2.45, 2.75) is 32.5 Å². The Bertz CT molecular complexity index is 382. The van der Waals surface area contributed by atoms with Crippen molar-refractivity contribution in [3.63, 3.8) is 0 Å². The SMILES string of the molecule is CCC(=O)c1ccc(OC(C)C(F)(F)F)cc1. The van der Waals surface area contributed by atoms with Crippen LogP contribution in [-0.2, 0) is 0 Å². The van der Waals surface area contributed by atoms with Gasteiger partial charge in [0.1, 0.15) is 5.75 Å². The van der Waals surface area contributed by atoms with Crippen molar-refractivity contribution in [3.05, 3.63) is 29.8 Å². The van der Waals surface area contributed by atoms with Crippen LogP contribution in [0.25, 0.3) is 0 Å². The van der Waals surface area contributed by atoms with Gasteiger partial charge in [-0.1, -0.05) is 6.92 Å². The summed E-state index contributed by atoms with van der Waals surface area (Å²) >= 11 is 0. The first-order valence-corrected chi connectivity index (χ1v) is 5.21. The molecule has 0 aliphatic carbocycles. The lowest BCUT2D eigenvalue weighted by molar-refractivity contribution is -0.189. The monoisotopic (exact) mass is 246 g/mol. The molecule has 1 aromatic rings. The van der Waals surface area contributed by atoms with Gasteiger partial charge in [0.05, 0.1) is 0 Å². The van der Waals surface area contributed by atoms with Gasteiger partial charge in [-0.2, -0.15) is 13.2 Å². The molecule has 0 heterocycles. The first-order valence-electron chi connectivity index (χ1n) is 5.21. The molecule has 0 aliphatic rings. The number of hydrogen-bond acceptors (Lipinski definition) is 2. The zero-order valence-corrected chi connectivity index (χ0v) is 9.54. The van der Waals surface area contributed by atoms with Crippen LogP contribution in [0.4, 0.5) is 13.2 Å². The normalized spacial score (nSPS) is 13.2. The molecule has 0 aliphatic heterocycles. The van der Waals surface area contributed by atoms with E-state index in [9.17, 15) is 18.0 Å². The molecule has 0 saturated carbocycles. The lowest BCUT2D eigenvalue weighted by Gasteiger charge is -2.17. The van der Waals surface area contributed by atoms with Crippen LogP contribution in [0.2, 0.25) is 0 Å². The molecule has 0 radical (unpaired) electrons. The van der Waals surface area contributed by atoms with Crippen LogP contribution in [-0.4, -0.2) is 18.1 Å². The molecule has 0 saturated heterocycles. The highest BCUT2D eigenvalue weighted by Crippen LogP contribution is 2.25. The predicted octanol–water partition coefficient (Wildman–Crippen LogP) is 3.61. The quantitative estimate of drug-likeness (QED) is 0.758. The van der Waals surface area contributed by atoms with Crippen LogP contribution in [0, 0.1) is 0 Å². The summed E-state index contributed by atoms with van der Waals surface area (Å²) in [6, 6.07) is 5.66. The number of ether oxygens (including phenoxy) is 1. The van der Waals surface area contributed by atoms with E-state index in [4.69, 9.17) is 4.74 Å². The van der Waals surface area contributed by atoms with Gasteiger partial charge >= 0.3 is 6.18 Å². The fourth-order valence-corrected chi connectivity index (χ4v) is 1.19. The smallest absolute Gasteiger partial charge is 0.425 e. The highest BCUT2D eigenvalue weighted by molar-refractivity contribution is 5.95. The topological polar surface area (TPSA) is 26.3 Å². The molecule has 1 unspecified atom stereocenters. The molecule has 0 amide bonds. The van der Waals surface area contributed by atoms with Crippen LogP contribution >= 0.6 is 0 Å². The molecule has 1 aromatic carbocycles. The van der Waals surface area contributed by atoms with Crippen LogP contribution in [0.1, 0.15) is 30.6 Å². The van der Waals surface area contributed by atoms with Crippen molar-refractivity contribution < 1.29 is 22.7 Å². The van der Waals surface area contributed by atoms with E-state index in [1.165, 1.54) is 24.3 Å². The fraction of sp³-hybridized carbons (Fsp3) is 0.417. The molecule has 0 N–H and O–H groups in total. The Morgan fingerprint density at radius 2 is 1.82 bits per heavy atom. The number of halogens is 3. The fourth-order valence-electron chi connectivity index (χ4n) is 1.19. The highest BCUT2D eigenvalue weighted by Gasteiger charge is 2.37. The van der Waals surface area contributed by atoms with Gasteiger partial charge < -0.3 is 4.74 Å². The zero-order chi connectivity index (χ0) is 13.1. The van der Waals surface area contributed by atoms with Crippen molar-refractivity contribution in [1.82, 2.24) is 0 Å². The van der Waals surface area contributed by atoms with E-state index < -0.39 is 12.3 Å². The maximum absolute atomic E-state index is 12.2. The Balaban J connectivity index is 2.72. The van der Waals surface area contributed by atoms with Crippen LogP contribution in [0.15, 0.2) is 24.3 Å². The molecule has 0 bridgehead atoms. The minimum Gasteiger partial charge on any atom is -0.481 e. The third-order valence-corrected chi connectivity index (χ3v) is 2.27. The van der Waals surface area contributed by atoms with Gasteiger partial charge in [-0.3, -0.25) is 4.79 Å². The minimum absolute atomic E-state index is 0.0552. The number of ketones is 1. The van der Waals surface area contributed by atoms with Gasteiger partial charge in [-0.05, 0) is 31.2 Å². The number of carbonyl (C=O) groups excluding carboxylic acids is 1. The van der Waals surface area contributed by atoms with Gasteiger partial charge in [0.2, 0.25) is 0 Å². The molecule has 1 atom stereocenters. The molecule has 0 fully saturated rings. The predicted molar refractivity (Wildman–Crippen MR) is 57.2 cm³/mol. The summed E-state index contributed by atoms with van der Waals surface area (Å²) < 4.78 is 41.4. The minimum atomic E-state index is -4.39. The average Bonchev–Trinajstić information content (AvgIpc) is 2.27. The van der Waals surface area contributed by atoms with Gasteiger partial charge in [0, 0.05) is 12.0 Å². The molecule has 5 heteroatoms. The lowest BCUT2D eigenvalue weighted by Crippen LogP contribution is -2.31. The maximum Gasteiger partial charge on any atom is 0.425 e. The number of rotatable bonds is 4. The molecule has 0 spiro atoms. The van der Waals surface area contributed by atoms with Crippen LogP contribution < -0.4 is 4.74 Å². The third kappa shape index (κ3) is 3.76. The Morgan fingerprint density at radius 1 is 1.29 bits per heavy atom. The van der Waals surface area contributed by atoms with Crippen molar-refractivity contribution in [3.8, 4) is 5.75 Å². The van der Waals surface area contributed by atoms with E-state index in [1.807, 2.05) is 0 Å². The summed E-state index contributed by atoms with van der Waals surface area (Å²) in [5, 5.41) is 0.